The van der Waals surface area contributed by atoms with Crippen molar-refractivity contribution in [1.82, 2.24) is 10.2 Å². The maximum Gasteiger partial charge on any atom is 0.193 e. The molecule has 28 heavy (non-hydrogen) atoms. The Morgan fingerprint density at radius 1 is 1.14 bits per heavy atom. The van der Waals surface area contributed by atoms with Gasteiger partial charge >= 0.3 is 0 Å². The van der Waals surface area contributed by atoms with Crippen LogP contribution in [0.4, 0.5) is 0 Å². The van der Waals surface area contributed by atoms with Gasteiger partial charge in [0.05, 0.1) is 10.5 Å². The quantitative estimate of drug-likeness (QED) is 0.630. The van der Waals surface area contributed by atoms with Crippen molar-refractivity contribution in [3.8, 4) is 11.5 Å². The van der Waals surface area contributed by atoms with Gasteiger partial charge in [-0.2, -0.15) is 0 Å². The Labute approximate surface area is 167 Å². The number of rotatable bonds is 4. The number of aliphatic imine (C=N–C) groups is 1. The zero-order valence-corrected chi connectivity index (χ0v) is 17.4. The van der Waals surface area contributed by atoms with Gasteiger partial charge in [0.1, 0.15) is 11.5 Å². The van der Waals surface area contributed by atoms with E-state index in [-0.39, 0.29) is 5.75 Å². The summed E-state index contributed by atoms with van der Waals surface area (Å²) >= 11 is 0. The molecule has 1 fully saturated rings. The SMILES string of the molecule is CN=C(NCc1cccc(Oc2ccccc2)c1)N1CCS(=O)(=O)C(C)(C)C1. The molecule has 2 aromatic rings. The van der Waals surface area contributed by atoms with Crippen molar-refractivity contribution in [1.29, 1.82) is 0 Å². The van der Waals surface area contributed by atoms with E-state index in [1.165, 1.54) is 0 Å². The summed E-state index contributed by atoms with van der Waals surface area (Å²) < 4.78 is 29.5. The van der Waals surface area contributed by atoms with Gasteiger partial charge in [0.15, 0.2) is 15.8 Å². The number of hydrogen-bond acceptors (Lipinski definition) is 4. The van der Waals surface area contributed by atoms with Crippen LogP contribution in [0, 0.1) is 0 Å². The molecule has 0 amide bonds. The molecule has 1 aliphatic heterocycles. The lowest BCUT2D eigenvalue weighted by atomic mass is 10.2. The predicted molar refractivity (Wildman–Crippen MR) is 113 cm³/mol. The van der Waals surface area contributed by atoms with E-state index >= 15 is 0 Å². The lowest BCUT2D eigenvalue weighted by molar-refractivity contribution is 0.353. The number of guanidine groups is 1. The van der Waals surface area contributed by atoms with Gasteiger partial charge in [0.2, 0.25) is 0 Å². The summed E-state index contributed by atoms with van der Waals surface area (Å²) in [6, 6.07) is 17.5. The highest BCUT2D eigenvalue weighted by Gasteiger charge is 2.40. The first-order valence-corrected chi connectivity index (χ1v) is 11.0. The molecule has 0 aromatic heterocycles. The van der Waals surface area contributed by atoms with Gasteiger partial charge in [0.25, 0.3) is 0 Å². The van der Waals surface area contributed by atoms with Crippen molar-refractivity contribution in [3.05, 3.63) is 60.2 Å². The minimum absolute atomic E-state index is 0.140. The third-order valence-corrected chi connectivity index (χ3v) is 7.42. The number of para-hydroxylation sites is 1. The molecular formula is C21H27N3O3S. The average Bonchev–Trinajstić information content (AvgIpc) is 2.66. The zero-order chi connectivity index (χ0) is 20.2. The van der Waals surface area contributed by atoms with E-state index in [1.807, 2.05) is 59.5 Å². The topological polar surface area (TPSA) is 71.0 Å². The van der Waals surface area contributed by atoms with E-state index in [1.54, 1.807) is 20.9 Å². The number of benzene rings is 2. The molecule has 0 unspecified atom stereocenters. The van der Waals surface area contributed by atoms with Crippen LogP contribution in [0.3, 0.4) is 0 Å². The third-order valence-electron chi connectivity index (χ3n) is 4.88. The van der Waals surface area contributed by atoms with Gasteiger partial charge in [-0.3, -0.25) is 4.99 Å². The van der Waals surface area contributed by atoms with Crippen molar-refractivity contribution in [2.45, 2.75) is 25.1 Å². The summed E-state index contributed by atoms with van der Waals surface area (Å²) in [5, 5.41) is 3.34. The Morgan fingerprint density at radius 2 is 1.86 bits per heavy atom. The molecule has 1 aliphatic rings. The highest BCUT2D eigenvalue weighted by atomic mass is 32.2. The molecule has 2 aromatic carbocycles. The summed E-state index contributed by atoms with van der Waals surface area (Å²) in [7, 11) is -1.36. The van der Waals surface area contributed by atoms with E-state index in [0.717, 1.165) is 17.1 Å². The standard InChI is InChI=1S/C21H27N3O3S/c1-21(2)16-24(12-13-28(21,25)26)20(22-3)23-15-17-8-7-11-19(14-17)27-18-9-5-4-6-10-18/h4-11,14H,12-13,15-16H2,1-3H3,(H,22,23). The van der Waals surface area contributed by atoms with E-state index < -0.39 is 14.6 Å². The van der Waals surface area contributed by atoms with Crippen molar-refractivity contribution < 1.29 is 13.2 Å². The normalized spacial score (nSPS) is 18.5. The maximum absolute atomic E-state index is 12.2. The average molecular weight is 402 g/mol. The van der Waals surface area contributed by atoms with E-state index in [2.05, 4.69) is 10.3 Å². The molecule has 0 radical (unpaired) electrons. The molecule has 0 aliphatic carbocycles. The summed E-state index contributed by atoms with van der Waals surface area (Å²) in [5.74, 6) is 2.41. The zero-order valence-electron chi connectivity index (χ0n) is 16.6. The number of hydrogen-bond donors (Lipinski definition) is 1. The molecule has 1 saturated heterocycles. The van der Waals surface area contributed by atoms with Crippen molar-refractivity contribution in [2.75, 3.05) is 25.9 Å². The first-order valence-electron chi connectivity index (χ1n) is 9.30. The molecule has 0 saturated carbocycles. The Bertz CT molecular complexity index is 940. The second-order valence-corrected chi connectivity index (χ2v) is 10.2. The number of nitrogens with one attached hydrogen (secondary N) is 1. The fraction of sp³-hybridized carbons (Fsp3) is 0.381. The van der Waals surface area contributed by atoms with Gasteiger partial charge in [-0.25, -0.2) is 8.42 Å². The van der Waals surface area contributed by atoms with Gasteiger partial charge in [-0.1, -0.05) is 30.3 Å². The highest BCUT2D eigenvalue weighted by Crippen LogP contribution is 2.24. The largest absolute Gasteiger partial charge is 0.457 e. The molecular weight excluding hydrogens is 374 g/mol. The lowest BCUT2D eigenvalue weighted by Gasteiger charge is -2.39. The lowest BCUT2D eigenvalue weighted by Crippen LogP contribution is -2.57. The Kier molecular flexibility index (Phi) is 5.93. The summed E-state index contributed by atoms with van der Waals surface area (Å²) in [5.41, 5.74) is 1.05. The molecule has 0 bridgehead atoms. The molecule has 150 valence electrons. The van der Waals surface area contributed by atoms with Crippen LogP contribution in [-0.4, -0.2) is 49.9 Å². The fourth-order valence-electron chi connectivity index (χ4n) is 3.18. The van der Waals surface area contributed by atoms with Crippen LogP contribution in [0.1, 0.15) is 19.4 Å². The Morgan fingerprint density at radius 3 is 2.54 bits per heavy atom. The van der Waals surface area contributed by atoms with Crippen LogP contribution in [0.25, 0.3) is 0 Å². The van der Waals surface area contributed by atoms with Crippen LogP contribution >= 0.6 is 0 Å². The number of nitrogens with zero attached hydrogens (tertiary/aromatic N) is 2. The fourth-order valence-corrected chi connectivity index (χ4v) is 4.55. The monoisotopic (exact) mass is 401 g/mol. The van der Waals surface area contributed by atoms with Crippen molar-refractivity contribution in [3.63, 3.8) is 0 Å². The molecule has 1 heterocycles. The van der Waals surface area contributed by atoms with Crippen molar-refractivity contribution >= 4 is 15.8 Å². The molecule has 0 spiro atoms. The molecule has 7 heteroatoms. The van der Waals surface area contributed by atoms with Crippen molar-refractivity contribution in [2.24, 2.45) is 4.99 Å². The minimum atomic E-state index is -3.08. The third kappa shape index (κ3) is 4.65. The van der Waals surface area contributed by atoms with Gasteiger partial charge in [-0.05, 0) is 43.7 Å². The molecule has 3 rings (SSSR count). The van der Waals surface area contributed by atoms with E-state index in [9.17, 15) is 8.42 Å². The molecule has 1 N–H and O–H groups in total. The van der Waals surface area contributed by atoms with Gasteiger partial charge in [-0.15, -0.1) is 0 Å². The molecule has 6 nitrogen and oxygen atoms in total. The minimum Gasteiger partial charge on any atom is -0.457 e. The summed E-state index contributed by atoms with van der Waals surface area (Å²) in [4.78, 5) is 6.34. The summed E-state index contributed by atoms with van der Waals surface area (Å²) in [6.45, 7) is 4.98. The molecule has 0 atom stereocenters. The first-order chi connectivity index (χ1) is 13.3. The maximum atomic E-state index is 12.2. The van der Waals surface area contributed by atoms with Gasteiger partial charge < -0.3 is 15.0 Å². The van der Waals surface area contributed by atoms with E-state index in [0.29, 0.717) is 25.6 Å². The van der Waals surface area contributed by atoms with Gasteiger partial charge in [0, 0.05) is 26.7 Å². The second-order valence-electron chi connectivity index (χ2n) is 7.46. The Balaban J connectivity index is 1.64. The van der Waals surface area contributed by atoms with Crippen LogP contribution in [0.5, 0.6) is 11.5 Å². The Hall–Kier alpha value is -2.54. The highest BCUT2D eigenvalue weighted by molar-refractivity contribution is 7.92. The number of ether oxygens (including phenoxy) is 1. The van der Waals surface area contributed by atoms with E-state index in [4.69, 9.17) is 4.74 Å². The van der Waals surface area contributed by atoms with Crippen LogP contribution in [0.2, 0.25) is 0 Å². The second kappa shape index (κ2) is 8.22. The van der Waals surface area contributed by atoms with Crippen LogP contribution < -0.4 is 10.1 Å². The number of sulfone groups is 1. The summed E-state index contributed by atoms with van der Waals surface area (Å²) in [6.07, 6.45) is 0. The smallest absolute Gasteiger partial charge is 0.193 e. The first kappa shape index (κ1) is 20.2. The van der Waals surface area contributed by atoms with Crippen LogP contribution in [0.15, 0.2) is 59.6 Å². The predicted octanol–water partition coefficient (Wildman–Crippen LogP) is 3.06. The van der Waals surface area contributed by atoms with Crippen LogP contribution in [-0.2, 0) is 16.4 Å².